The molecule has 110 valence electrons. The van der Waals surface area contributed by atoms with Crippen LogP contribution in [0, 0.1) is 11.7 Å². The van der Waals surface area contributed by atoms with Gasteiger partial charge in [-0.2, -0.15) is 0 Å². The summed E-state index contributed by atoms with van der Waals surface area (Å²) in [5.41, 5.74) is 0.791. The van der Waals surface area contributed by atoms with Crippen LogP contribution in [0.25, 0.3) is 11.4 Å². The van der Waals surface area contributed by atoms with Gasteiger partial charge in [-0.25, -0.2) is 14.4 Å². The molecule has 0 radical (unpaired) electrons. The van der Waals surface area contributed by atoms with Crippen molar-refractivity contribution in [3.8, 4) is 17.1 Å². The maximum absolute atomic E-state index is 12.9. The summed E-state index contributed by atoms with van der Waals surface area (Å²) in [7, 11) is 0. The molecule has 3 rings (SSSR count). The Morgan fingerprint density at radius 2 is 1.95 bits per heavy atom. The average Bonchev–Trinajstić information content (AvgIpc) is 2.55. The summed E-state index contributed by atoms with van der Waals surface area (Å²) >= 11 is 0. The van der Waals surface area contributed by atoms with Gasteiger partial charge in [-0.3, -0.25) is 0 Å². The number of ether oxygens (including phenoxy) is 1. The van der Waals surface area contributed by atoms with E-state index in [0.717, 1.165) is 18.7 Å². The maximum atomic E-state index is 12.9. The largest absolute Gasteiger partial charge is 0.490 e. The minimum atomic E-state index is -0.264. The number of aromatic nitrogens is 2. The Kier molecular flexibility index (Phi) is 4.40. The Bertz CT molecular complexity index is 565. The summed E-state index contributed by atoms with van der Waals surface area (Å²) < 4.78 is 18.6. The normalized spacial score (nSPS) is 18.4. The zero-order chi connectivity index (χ0) is 14.5. The fourth-order valence-electron chi connectivity index (χ4n) is 2.42. The van der Waals surface area contributed by atoms with Gasteiger partial charge >= 0.3 is 0 Å². The first-order chi connectivity index (χ1) is 10.3. The van der Waals surface area contributed by atoms with Gasteiger partial charge < -0.3 is 10.1 Å². The summed E-state index contributed by atoms with van der Waals surface area (Å²) in [4.78, 5) is 8.54. The average molecular weight is 287 g/mol. The molecule has 5 heteroatoms. The van der Waals surface area contributed by atoms with Crippen LogP contribution < -0.4 is 10.1 Å². The summed E-state index contributed by atoms with van der Waals surface area (Å²) in [5, 5.41) is 3.36. The van der Waals surface area contributed by atoms with Gasteiger partial charge in [0.15, 0.2) is 11.6 Å². The predicted molar refractivity (Wildman–Crippen MR) is 78.5 cm³/mol. The summed E-state index contributed by atoms with van der Waals surface area (Å²) in [6, 6.07) is 6.14. The molecule has 2 heterocycles. The van der Waals surface area contributed by atoms with E-state index < -0.39 is 0 Å². The topological polar surface area (TPSA) is 47.0 Å². The monoisotopic (exact) mass is 287 g/mol. The molecule has 1 fully saturated rings. The third-order valence-corrected chi connectivity index (χ3v) is 3.62. The van der Waals surface area contributed by atoms with Crippen LogP contribution in [-0.4, -0.2) is 29.7 Å². The van der Waals surface area contributed by atoms with Crippen LogP contribution in [0.5, 0.6) is 5.75 Å². The van der Waals surface area contributed by atoms with Gasteiger partial charge in [-0.05, 0) is 43.7 Å². The van der Waals surface area contributed by atoms with E-state index in [1.165, 1.54) is 25.0 Å². The molecule has 21 heavy (non-hydrogen) atoms. The lowest BCUT2D eigenvalue weighted by Gasteiger charge is -2.22. The number of nitrogens with zero attached hydrogens (tertiary/aromatic N) is 2. The van der Waals surface area contributed by atoms with Crippen LogP contribution in [0.1, 0.15) is 12.8 Å². The molecule has 1 unspecified atom stereocenters. The van der Waals surface area contributed by atoms with E-state index in [2.05, 4.69) is 15.3 Å². The van der Waals surface area contributed by atoms with Crippen LogP contribution >= 0.6 is 0 Å². The first kappa shape index (κ1) is 13.9. The summed E-state index contributed by atoms with van der Waals surface area (Å²) in [6.45, 7) is 2.80. The van der Waals surface area contributed by atoms with E-state index >= 15 is 0 Å². The van der Waals surface area contributed by atoms with Crippen molar-refractivity contribution >= 4 is 0 Å². The third kappa shape index (κ3) is 3.76. The van der Waals surface area contributed by atoms with E-state index in [1.54, 1.807) is 24.5 Å². The molecule has 1 N–H and O–H groups in total. The Morgan fingerprint density at radius 1 is 1.19 bits per heavy atom. The Balaban J connectivity index is 1.59. The van der Waals surface area contributed by atoms with Gasteiger partial charge in [-0.1, -0.05) is 0 Å². The van der Waals surface area contributed by atoms with Crippen molar-refractivity contribution in [3.63, 3.8) is 0 Å². The first-order valence-electron chi connectivity index (χ1n) is 7.23. The molecule has 0 aliphatic carbocycles. The van der Waals surface area contributed by atoms with Gasteiger partial charge in [0, 0.05) is 18.0 Å². The highest BCUT2D eigenvalue weighted by atomic mass is 19.1. The van der Waals surface area contributed by atoms with Crippen molar-refractivity contribution in [3.05, 3.63) is 42.5 Å². The number of hydrogen-bond acceptors (Lipinski definition) is 4. The highest BCUT2D eigenvalue weighted by Crippen LogP contribution is 2.18. The highest BCUT2D eigenvalue weighted by molar-refractivity contribution is 5.54. The van der Waals surface area contributed by atoms with E-state index in [0.29, 0.717) is 24.1 Å². The molecule has 1 saturated heterocycles. The number of halogens is 1. The molecule has 1 aliphatic heterocycles. The molecule has 0 saturated carbocycles. The van der Waals surface area contributed by atoms with E-state index in [4.69, 9.17) is 4.74 Å². The van der Waals surface area contributed by atoms with E-state index in [-0.39, 0.29) is 5.82 Å². The van der Waals surface area contributed by atoms with E-state index in [9.17, 15) is 4.39 Å². The van der Waals surface area contributed by atoms with Gasteiger partial charge in [-0.15, -0.1) is 0 Å². The van der Waals surface area contributed by atoms with Gasteiger partial charge in [0.05, 0.1) is 19.0 Å². The van der Waals surface area contributed by atoms with Crippen LogP contribution in [-0.2, 0) is 0 Å². The Labute approximate surface area is 123 Å². The van der Waals surface area contributed by atoms with Gasteiger partial charge in [0.1, 0.15) is 5.82 Å². The van der Waals surface area contributed by atoms with Crippen molar-refractivity contribution in [1.82, 2.24) is 15.3 Å². The third-order valence-electron chi connectivity index (χ3n) is 3.62. The molecule has 2 aromatic rings. The second-order valence-corrected chi connectivity index (χ2v) is 5.27. The fourth-order valence-corrected chi connectivity index (χ4v) is 2.42. The second-order valence-electron chi connectivity index (χ2n) is 5.27. The molecule has 1 aliphatic rings. The molecule has 1 atom stereocenters. The number of piperidine rings is 1. The lowest BCUT2D eigenvalue weighted by Crippen LogP contribution is -2.33. The molecular formula is C16H18FN3O. The standard InChI is InChI=1S/C16H18FN3O/c17-14-5-3-13(4-6-14)16-19-9-15(10-20-16)21-11-12-2-1-7-18-8-12/h3-6,9-10,12,18H,1-2,7-8,11H2. The number of nitrogens with one attached hydrogen (secondary N) is 1. The number of rotatable bonds is 4. The second kappa shape index (κ2) is 6.63. The quantitative estimate of drug-likeness (QED) is 0.939. The molecule has 0 spiro atoms. The van der Waals surface area contributed by atoms with Crippen molar-refractivity contribution in [1.29, 1.82) is 0 Å². The SMILES string of the molecule is Fc1ccc(-c2ncc(OCC3CCCNC3)cn2)cc1. The van der Waals surface area contributed by atoms with Gasteiger partial charge in [0.25, 0.3) is 0 Å². The Hall–Kier alpha value is -2.01. The lowest BCUT2D eigenvalue weighted by atomic mass is 10.0. The van der Waals surface area contributed by atoms with Crippen molar-refractivity contribution in [2.75, 3.05) is 19.7 Å². The van der Waals surface area contributed by atoms with Crippen molar-refractivity contribution in [2.45, 2.75) is 12.8 Å². The summed E-state index contributed by atoms with van der Waals surface area (Å²) in [5.74, 6) is 1.53. The highest BCUT2D eigenvalue weighted by Gasteiger charge is 2.13. The molecular weight excluding hydrogens is 269 g/mol. The van der Waals surface area contributed by atoms with Crippen molar-refractivity contribution < 1.29 is 9.13 Å². The van der Waals surface area contributed by atoms with Crippen LogP contribution in [0.3, 0.4) is 0 Å². The first-order valence-corrected chi connectivity index (χ1v) is 7.23. The van der Waals surface area contributed by atoms with Gasteiger partial charge in [0.2, 0.25) is 0 Å². The molecule has 1 aromatic carbocycles. The van der Waals surface area contributed by atoms with Crippen molar-refractivity contribution in [2.24, 2.45) is 5.92 Å². The predicted octanol–water partition coefficient (Wildman–Crippen LogP) is 2.66. The molecule has 0 bridgehead atoms. The maximum Gasteiger partial charge on any atom is 0.159 e. The molecule has 4 nitrogen and oxygen atoms in total. The number of benzene rings is 1. The summed E-state index contributed by atoms with van der Waals surface area (Å²) in [6.07, 6.45) is 5.74. The Morgan fingerprint density at radius 3 is 2.62 bits per heavy atom. The number of hydrogen-bond donors (Lipinski definition) is 1. The fraction of sp³-hybridized carbons (Fsp3) is 0.375. The van der Waals surface area contributed by atoms with Crippen LogP contribution in [0.15, 0.2) is 36.7 Å². The smallest absolute Gasteiger partial charge is 0.159 e. The van der Waals surface area contributed by atoms with Crippen LogP contribution in [0.4, 0.5) is 4.39 Å². The lowest BCUT2D eigenvalue weighted by molar-refractivity contribution is 0.217. The van der Waals surface area contributed by atoms with Crippen LogP contribution in [0.2, 0.25) is 0 Å². The zero-order valence-electron chi connectivity index (χ0n) is 11.8. The minimum Gasteiger partial charge on any atom is -0.490 e. The zero-order valence-corrected chi connectivity index (χ0v) is 11.8. The van der Waals surface area contributed by atoms with E-state index in [1.807, 2.05) is 0 Å². The minimum absolute atomic E-state index is 0.264. The molecule has 0 amide bonds. The molecule has 1 aromatic heterocycles.